The van der Waals surface area contributed by atoms with Crippen LogP contribution in [-0.4, -0.2) is 40.1 Å². The molecule has 130 valence electrons. The number of fused-ring (bicyclic) bond motifs is 1. The number of anilines is 1. The zero-order valence-corrected chi connectivity index (χ0v) is 14.9. The van der Waals surface area contributed by atoms with Crippen molar-refractivity contribution in [2.75, 3.05) is 18.9 Å². The van der Waals surface area contributed by atoms with Crippen LogP contribution in [0.25, 0.3) is 10.2 Å². The quantitative estimate of drug-likeness (QED) is 0.778. The number of aryl methyl sites for hydroxylation is 2. The van der Waals surface area contributed by atoms with Gasteiger partial charge in [0.15, 0.2) is 0 Å². The SMILES string of the molecule is Cc1nn(C)c2sc(C(=O)N(C)CC(=O)Nc3cccc(F)c3)cc12. The minimum absolute atomic E-state index is 0.124. The average molecular weight is 360 g/mol. The molecule has 3 aromatic rings. The highest BCUT2D eigenvalue weighted by Gasteiger charge is 2.20. The number of hydrogen-bond acceptors (Lipinski definition) is 4. The van der Waals surface area contributed by atoms with E-state index in [1.165, 1.54) is 34.4 Å². The van der Waals surface area contributed by atoms with Gasteiger partial charge in [0, 0.05) is 25.2 Å². The Labute approximate surface area is 147 Å². The fourth-order valence-electron chi connectivity index (χ4n) is 2.55. The molecule has 1 aromatic carbocycles. The monoisotopic (exact) mass is 360 g/mol. The van der Waals surface area contributed by atoms with Crippen LogP contribution in [0, 0.1) is 12.7 Å². The fraction of sp³-hybridized carbons (Fsp3) is 0.235. The number of aromatic nitrogens is 2. The lowest BCUT2D eigenvalue weighted by Gasteiger charge is -2.15. The summed E-state index contributed by atoms with van der Waals surface area (Å²) in [6, 6.07) is 7.41. The molecule has 2 amide bonds. The Hall–Kier alpha value is -2.74. The predicted octanol–water partition coefficient (Wildman–Crippen LogP) is 2.79. The molecule has 2 heterocycles. The summed E-state index contributed by atoms with van der Waals surface area (Å²) >= 11 is 1.34. The molecular weight excluding hydrogens is 343 g/mol. The largest absolute Gasteiger partial charge is 0.332 e. The van der Waals surface area contributed by atoms with E-state index in [-0.39, 0.29) is 18.4 Å². The molecule has 8 heteroatoms. The lowest BCUT2D eigenvalue weighted by molar-refractivity contribution is -0.116. The highest BCUT2D eigenvalue weighted by atomic mass is 32.1. The Kier molecular flexibility index (Phi) is 4.54. The van der Waals surface area contributed by atoms with Gasteiger partial charge >= 0.3 is 0 Å². The number of carbonyl (C=O) groups is 2. The second-order valence-electron chi connectivity index (χ2n) is 5.76. The van der Waals surface area contributed by atoms with Crippen LogP contribution in [0.3, 0.4) is 0 Å². The van der Waals surface area contributed by atoms with E-state index in [0.29, 0.717) is 10.6 Å². The van der Waals surface area contributed by atoms with Crippen LogP contribution in [0.2, 0.25) is 0 Å². The van der Waals surface area contributed by atoms with E-state index in [0.717, 1.165) is 15.9 Å². The summed E-state index contributed by atoms with van der Waals surface area (Å²) in [7, 11) is 3.39. The zero-order chi connectivity index (χ0) is 18.1. The van der Waals surface area contributed by atoms with Crippen LogP contribution < -0.4 is 5.32 Å². The number of benzene rings is 1. The summed E-state index contributed by atoms with van der Waals surface area (Å²) in [5, 5.41) is 7.82. The number of likely N-dealkylation sites (N-methyl/N-ethyl adjacent to an activating group) is 1. The van der Waals surface area contributed by atoms with E-state index in [1.54, 1.807) is 23.9 Å². The van der Waals surface area contributed by atoms with E-state index in [2.05, 4.69) is 10.4 Å². The lowest BCUT2D eigenvalue weighted by Crippen LogP contribution is -2.34. The molecule has 0 saturated carbocycles. The molecule has 0 fully saturated rings. The Morgan fingerprint density at radius 3 is 2.80 bits per heavy atom. The van der Waals surface area contributed by atoms with Gasteiger partial charge in [-0.2, -0.15) is 5.10 Å². The van der Waals surface area contributed by atoms with Crippen molar-refractivity contribution in [2.24, 2.45) is 7.05 Å². The molecule has 2 aromatic heterocycles. The molecule has 3 rings (SSSR count). The van der Waals surface area contributed by atoms with Gasteiger partial charge in [-0.25, -0.2) is 4.39 Å². The highest BCUT2D eigenvalue weighted by Crippen LogP contribution is 2.28. The molecule has 6 nitrogen and oxygen atoms in total. The van der Waals surface area contributed by atoms with Crippen LogP contribution >= 0.6 is 11.3 Å². The minimum atomic E-state index is -0.434. The molecule has 0 saturated heterocycles. The van der Waals surface area contributed by atoms with Gasteiger partial charge in [-0.3, -0.25) is 14.3 Å². The van der Waals surface area contributed by atoms with E-state index in [9.17, 15) is 14.0 Å². The Balaban J connectivity index is 1.69. The van der Waals surface area contributed by atoms with E-state index < -0.39 is 5.82 Å². The first-order chi connectivity index (χ1) is 11.8. The maximum absolute atomic E-state index is 13.1. The van der Waals surface area contributed by atoms with Crippen LogP contribution in [0.5, 0.6) is 0 Å². The summed E-state index contributed by atoms with van der Waals surface area (Å²) < 4.78 is 14.9. The number of rotatable bonds is 4. The first-order valence-electron chi connectivity index (χ1n) is 7.59. The smallest absolute Gasteiger partial charge is 0.264 e. The molecule has 1 N–H and O–H groups in total. The standard InChI is InChI=1S/C17H17FN4O2S/c1-10-13-8-14(25-17(13)22(3)20-10)16(24)21(2)9-15(23)19-12-6-4-5-11(18)7-12/h4-8H,9H2,1-3H3,(H,19,23). The number of amides is 2. The normalized spacial score (nSPS) is 10.9. The minimum Gasteiger partial charge on any atom is -0.332 e. The molecule has 25 heavy (non-hydrogen) atoms. The summed E-state index contributed by atoms with van der Waals surface area (Å²) in [5.74, 6) is -1.06. The maximum atomic E-state index is 13.1. The molecule has 0 bridgehead atoms. The van der Waals surface area contributed by atoms with Gasteiger partial charge in [0.2, 0.25) is 5.91 Å². The van der Waals surface area contributed by atoms with Crippen molar-refractivity contribution >= 4 is 39.1 Å². The molecule has 0 spiro atoms. The number of nitrogens with one attached hydrogen (secondary N) is 1. The van der Waals surface area contributed by atoms with Crippen molar-refractivity contribution in [3.63, 3.8) is 0 Å². The van der Waals surface area contributed by atoms with Crippen LogP contribution in [0.15, 0.2) is 30.3 Å². The molecule has 0 aliphatic rings. The first-order valence-corrected chi connectivity index (χ1v) is 8.41. The maximum Gasteiger partial charge on any atom is 0.264 e. The van der Waals surface area contributed by atoms with Crippen molar-refractivity contribution in [2.45, 2.75) is 6.92 Å². The lowest BCUT2D eigenvalue weighted by atomic mass is 10.3. The predicted molar refractivity (Wildman–Crippen MR) is 95.3 cm³/mol. The average Bonchev–Trinajstić information content (AvgIpc) is 3.08. The Morgan fingerprint density at radius 2 is 2.12 bits per heavy atom. The van der Waals surface area contributed by atoms with Crippen molar-refractivity contribution in [3.05, 3.63) is 46.7 Å². The van der Waals surface area contributed by atoms with Crippen LogP contribution in [0.1, 0.15) is 15.4 Å². The van der Waals surface area contributed by atoms with E-state index in [1.807, 2.05) is 14.0 Å². The molecule has 0 unspecified atom stereocenters. The van der Waals surface area contributed by atoms with E-state index in [4.69, 9.17) is 0 Å². The molecule has 0 aliphatic carbocycles. The third kappa shape index (κ3) is 3.53. The number of nitrogens with zero attached hydrogens (tertiary/aromatic N) is 3. The number of hydrogen-bond donors (Lipinski definition) is 1. The Morgan fingerprint density at radius 1 is 1.36 bits per heavy atom. The van der Waals surface area contributed by atoms with Crippen molar-refractivity contribution in [1.82, 2.24) is 14.7 Å². The third-order valence-electron chi connectivity index (χ3n) is 3.74. The van der Waals surface area contributed by atoms with Crippen molar-refractivity contribution < 1.29 is 14.0 Å². The van der Waals surface area contributed by atoms with Crippen LogP contribution in [0.4, 0.5) is 10.1 Å². The summed E-state index contributed by atoms with van der Waals surface area (Å²) in [6.45, 7) is 1.76. The topological polar surface area (TPSA) is 67.2 Å². The van der Waals surface area contributed by atoms with Gasteiger partial charge in [-0.1, -0.05) is 6.07 Å². The molecule has 0 radical (unpaired) electrons. The molecular formula is C17H17FN4O2S. The third-order valence-corrected chi connectivity index (χ3v) is 4.93. The Bertz CT molecular complexity index is 928. The van der Waals surface area contributed by atoms with Crippen molar-refractivity contribution in [3.8, 4) is 0 Å². The van der Waals surface area contributed by atoms with Crippen LogP contribution in [-0.2, 0) is 11.8 Å². The second-order valence-corrected chi connectivity index (χ2v) is 6.79. The van der Waals surface area contributed by atoms with Gasteiger partial charge in [0.1, 0.15) is 10.6 Å². The number of halogens is 1. The van der Waals surface area contributed by atoms with Gasteiger partial charge < -0.3 is 10.2 Å². The van der Waals surface area contributed by atoms with Gasteiger partial charge in [0.05, 0.1) is 17.1 Å². The van der Waals surface area contributed by atoms with Gasteiger partial charge in [0.25, 0.3) is 5.91 Å². The number of thiophene rings is 1. The van der Waals surface area contributed by atoms with Crippen molar-refractivity contribution in [1.29, 1.82) is 0 Å². The summed E-state index contributed by atoms with van der Waals surface area (Å²) in [6.07, 6.45) is 0. The zero-order valence-electron chi connectivity index (χ0n) is 14.0. The first kappa shape index (κ1) is 17.1. The molecule has 0 aliphatic heterocycles. The second kappa shape index (κ2) is 6.64. The van der Waals surface area contributed by atoms with Gasteiger partial charge in [-0.05, 0) is 31.2 Å². The number of carbonyl (C=O) groups excluding carboxylic acids is 2. The highest BCUT2D eigenvalue weighted by molar-refractivity contribution is 7.20. The van der Waals surface area contributed by atoms with E-state index >= 15 is 0 Å². The molecule has 0 atom stereocenters. The van der Waals surface area contributed by atoms with Gasteiger partial charge in [-0.15, -0.1) is 11.3 Å². The summed E-state index contributed by atoms with van der Waals surface area (Å²) in [5.41, 5.74) is 1.22. The summed E-state index contributed by atoms with van der Waals surface area (Å²) in [4.78, 5) is 27.4. The fourth-order valence-corrected chi connectivity index (χ4v) is 3.67.